The van der Waals surface area contributed by atoms with E-state index in [0.717, 1.165) is 177 Å². The molecule has 0 unspecified atom stereocenters. The third-order valence-corrected chi connectivity index (χ3v) is 28.9. The van der Waals surface area contributed by atoms with E-state index in [1.165, 1.54) is 43.1 Å². The summed E-state index contributed by atoms with van der Waals surface area (Å²) >= 11 is 0. The Morgan fingerprint density at radius 1 is 0.519 bits per heavy atom. The van der Waals surface area contributed by atoms with Gasteiger partial charge in [-0.25, -0.2) is 22.1 Å². The van der Waals surface area contributed by atoms with E-state index in [4.69, 9.17) is 19.7 Å². The first-order chi connectivity index (χ1) is 62.9. The number of pyridine rings is 2. The van der Waals surface area contributed by atoms with Gasteiger partial charge in [-0.05, 0) is 116 Å². The molecule has 23 aromatic rings. The molecule has 13 aromatic heterocycles. The second-order valence-corrected chi connectivity index (χ2v) is 36.2. The van der Waals surface area contributed by atoms with E-state index in [9.17, 15) is 0 Å². The second-order valence-electron chi connectivity index (χ2n) is 32.6. The van der Waals surface area contributed by atoms with Gasteiger partial charge >= 0.3 is 0 Å². The van der Waals surface area contributed by atoms with Crippen molar-refractivity contribution < 1.29 is 76.4 Å². The van der Waals surface area contributed by atoms with Crippen LogP contribution >= 0.6 is 0 Å². The number of likely N-dealkylation sites (N-methyl/N-ethyl adjacent to an activating group) is 1. The Hall–Kier alpha value is -13.8. The first-order valence-corrected chi connectivity index (χ1v) is 45.8. The van der Waals surface area contributed by atoms with Crippen LogP contribution in [0.2, 0.25) is 6.55 Å². The van der Waals surface area contributed by atoms with Crippen molar-refractivity contribution >= 4 is 179 Å². The van der Waals surface area contributed by atoms with Crippen molar-refractivity contribution in [2.45, 2.75) is 13.5 Å². The van der Waals surface area contributed by atoms with Gasteiger partial charge < -0.3 is 69.7 Å². The molecule has 5 radical (unpaired) electrons. The molecule has 0 N–H and O–H groups in total. The fourth-order valence-corrected chi connectivity index (χ4v) is 22.5. The summed E-state index contributed by atoms with van der Waals surface area (Å²) in [7, 11) is 11.7. The predicted octanol–water partition coefficient (Wildman–Crippen LogP) is 19.6. The smallest absolute Gasteiger partial charge is 0.244 e. The van der Waals surface area contributed by atoms with E-state index in [1.54, 1.807) is 0 Å². The monoisotopic (exact) mass is 2010 g/mol. The molecule has 25 heteroatoms. The van der Waals surface area contributed by atoms with Gasteiger partial charge in [0.25, 0.3) is 0 Å². The van der Waals surface area contributed by atoms with Gasteiger partial charge in [0.1, 0.15) is 11.5 Å². The van der Waals surface area contributed by atoms with Crippen molar-refractivity contribution in [1.82, 2.24) is 60.2 Å². The summed E-state index contributed by atoms with van der Waals surface area (Å²) in [5.74, 6) is 7.14. The number of imidazole rings is 2. The number of ether oxygens (including phenoxy) is 1. The van der Waals surface area contributed by atoms with Crippen LogP contribution in [-0.4, -0.2) is 111 Å². The van der Waals surface area contributed by atoms with Crippen LogP contribution in [0.15, 0.2) is 322 Å². The van der Waals surface area contributed by atoms with Crippen molar-refractivity contribution in [2.24, 2.45) is 28.2 Å². The summed E-state index contributed by atoms with van der Waals surface area (Å²) in [5, 5.41) is 11.9. The minimum atomic E-state index is -1.46. The summed E-state index contributed by atoms with van der Waals surface area (Å²) in [6, 6.07) is 123. The maximum atomic E-state index is 6.45. The van der Waals surface area contributed by atoms with Gasteiger partial charge in [-0.15, -0.1) is 47.4 Å². The molecule has 3 aliphatic heterocycles. The number of nitrogens with zero attached hydrogens (tertiary/aromatic N) is 19. The number of rotatable bonds is 11. The molecule has 131 heavy (non-hydrogen) atoms. The first kappa shape index (κ1) is 84.0. The van der Waals surface area contributed by atoms with Crippen LogP contribution in [0.3, 0.4) is 0 Å². The topological polar surface area (TPSA) is 117 Å². The predicted molar refractivity (Wildman–Crippen MR) is 519 cm³/mol. The second kappa shape index (κ2) is 33.6. The number of hydrogen-bond donors (Lipinski definition) is 0. The molecule has 10 aromatic carbocycles. The summed E-state index contributed by atoms with van der Waals surface area (Å²) in [6.07, 6.45) is 10.4. The van der Waals surface area contributed by atoms with Crippen molar-refractivity contribution in [3.05, 3.63) is 359 Å². The summed E-state index contributed by atoms with van der Waals surface area (Å²) < 4.78 is 31.0. The maximum Gasteiger partial charge on any atom is 0.244 e. The zero-order valence-electron chi connectivity index (χ0n) is 72.3. The average molecular weight is 2020 g/mol. The molecule has 653 valence electrons. The van der Waals surface area contributed by atoms with E-state index in [0.29, 0.717) is 9.13 Å². The molecule has 0 saturated carbocycles. The van der Waals surface area contributed by atoms with Gasteiger partial charge in [0.15, 0.2) is 28.6 Å². The third-order valence-electron chi connectivity index (χ3n) is 25.3. The molecule has 3 aliphatic rings. The number of hydrogen-bond acceptors (Lipinski definition) is 9. The molecule has 0 atom stereocenters. The normalized spacial score (nSPS) is 12.9. The van der Waals surface area contributed by atoms with Crippen LogP contribution in [0.4, 0.5) is 51.7 Å². The number of fused-ring (bicyclic) bond motifs is 19. The Balaban J connectivity index is 0.000000118. The van der Waals surface area contributed by atoms with Crippen molar-refractivity contribution in [1.29, 1.82) is 0 Å². The SMILES string of the molecule is CN1c2ccccc2N(c2[c-]cccc2)c2[c-]c3n(c21)N(C)CCN3c1cccc(-c2cn(C)c3c2[cH-]c[n+]3C)n1.C[Si]=C(C)N1c2ccccc2Oc2cc3c4ccccc4n(-c4[c-]c(-n5ccc6ccc[c-]c65)ccc4)c3nc21.Cn1cc[c-]c1-n1ccc2c1nc(-n1c3ccccc3n3c4c5ccccc5n([Si](c5ccccc5)c5ccccc5)c4[c-]c13)n2C.[Ag].[Ag].[Ag]. The zero-order chi connectivity index (χ0) is 85.8. The van der Waals surface area contributed by atoms with E-state index in [2.05, 4.69) is 427 Å². The molecule has 16 heterocycles. The van der Waals surface area contributed by atoms with E-state index in [1.807, 2.05) is 61.8 Å². The Morgan fingerprint density at radius 2 is 1.21 bits per heavy atom. The quantitative estimate of drug-likeness (QED) is 0.0709. The Morgan fingerprint density at radius 3 is 1.98 bits per heavy atom. The average Bonchev–Trinajstić information content (AvgIpc) is 1.52. The standard InChI is InChI=1S/C39H28N7Si.C34H23N4OSi.C33H30N8.3Ag/c1-41-24-13-22-35(41)43-25-23-33-38(43)40-39(42(33)2)45-32-21-12-11-20-31(32)44-36(45)26-34-37(44)29-18-9-10-19-30(29)46(34)47(27-14-5-3-6-15-27)28-16-7-4-8-17-28;1-22(40-2)37-30-16-7-8-17-31(30)39-32-21-27-26-13-4-6-15-29(26)38(33(27)35-34(32)37)25-12-9-11-24(20-25)36-19-18-23-10-3-5-14-28(23)36;1-35-18-17-24-25(22-36(2)32(24)35)26-13-10-16-30(34-26)39-20-19-37(3)41-31(39)21-29-33(41)38(4)27-14-8-9-15-28(27)40(29)23-11-6-5-7-12-23;;;/h3-21,23-25H,1-2H3;3-13,15-19,21H,1-2H3;5-11,13-18,22H,19-20H2,1-4H3;;;/q3*-2;;;. The van der Waals surface area contributed by atoms with Crippen LogP contribution < -0.4 is 44.3 Å². The molecule has 0 spiro atoms. The van der Waals surface area contributed by atoms with Gasteiger partial charge in [0.05, 0.1) is 59.8 Å². The van der Waals surface area contributed by atoms with Crippen molar-refractivity contribution in [3.63, 3.8) is 0 Å². The fourth-order valence-electron chi connectivity index (χ4n) is 19.4. The van der Waals surface area contributed by atoms with Gasteiger partial charge in [-0.2, -0.15) is 71.7 Å². The van der Waals surface area contributed by atoms with E-state index in [-0.39, 0.29) is 67.1 Å². The zero-order valence-corrected chi connectivity index (χ0v) is 78.8. The van der Waals surface area contributed by atoms with E-state index < -0.39 is 8.96 Å². The van der Waals surface area contributed by atoms with Crippen molar-refractivity contribution in [2.75, 3.05) is 51.8 Å². The molecule has 0 aliphatic carbocycles. The minimum absolute atomic E-state index is 0. The number of aromatic nitrogens is 14. The molecule has 26 rings (SSSR count). The number of para-hydroxylation sites is 10. The number of aryl methyl sites for hydroxylation is 4. The largest absolute Gasteiger partial charge is 0.451 e. The minimum Gasteiger partial charge on any atom is -0.451 e. The Labute approximate surface area is 806 Å². The van der Waals surface area contributed by atoms with Crippen LogP contribution in [0.5, 0.6) is 11.5 Å². The molecular formula is C106H81Ag3N19OSi2-6. The summed E-state index contributed by atoms with van der Waals surface area (Å²) in [5.41, 5.74) is 22.0. The molecule has 0 bridgehead atoms. The number of benzene rings is 10. The summed E-state index contributed by atoms with van der Waals surface area (Å²) in [6.45, 7) is 6.01. The third kappa shape index (κ3) is 13.4. The van der Waals surface area contributed by atoms with Gasteiger partial charge in [-0.3, -0.25) is 9.47 Å². The maximum absolute atomic E-state index is 6.45. The molecule has 0 fully saturated rings. The number of anilines is 9. The van der Waals surface area contributed by atoms with Crippen molar-refractivity contribution in [3.8, 4) is 45.9 Å². The molecular weight excluding hydrogens is 1940 g/mol. The van der Waals surface area contributed by atoms with Crippen LogP contribution in [0.1, 0.15) is 6.92 Å². The molecule has 20 nitrogen and oxygen atoms in total. The Bertz CT molecular complexity index is 8350. The van der Waals surface area contributed by atoms with E-state index >= 15 is 0 Å². The molecule has 0 saturated heterocycles. The van der Waals surface area contributed by atoms with Crippen LogP contribution in [0, 0.1) is 36.4 Å². The molecule has 0 amide bonds. The van der Waals surface area contributed by atoms with Gasteiger partial charge in [0.2, 0.25) is 14.9 Å². The van der Waals surface area contributed by atoms with Gasteiger partial charge in [0, 0.05) is 161 Å². The van der Waals surface area contributed by atoms with Crippen LogP contribution in [0.25, 0.3) is 128 Å². The van der Waals surface area contributed by atoms with Gasteiger partial charge in [-0.1, -0.05) is 202 Å². The fraction of sp³-hybridized carbons (Fsp3) is 0.0943. The summed E-state index contributed by atoms with van der Waals surface area (Å²) in [4.78, 5) is 24.9. The first-order valence-electron chi connectivity index (χ1n) is 42.8. The Kier molecular flexibility index (Phi) is 21.6. The van der Waals surface area contributed by atoms with Crippen LogP contribution in [-0.2, 0) is 95.3 Å².